The zero-order valence-corrected chi connectivity index (χ0v) is 16.1. The average Bonchev–Trinajstić information content (AvgIpc) is 2.72. The molecule has 0 aliphatic carbocycles. The van der Waals surface area contributed by atoms with Gasteiger partial charge in [-0.15, -0.1) is 5.92 Å². The Bertz CT molecular complexity index is 998. The Hall–Kier alpha value is -3.06. The molecule has 2 aromatic carbocycles. The minimum atomic E-state index is -0.936. The van der Waals surface area contributed by atoms with Crippen molar-refractivity contribution in [2.45, 2.75) is 39.5 Å². The molecule has 0 aliphatic rings. The predicted molar refractivity (Wildman–Crippen MR) is 109 cm³/mol. The number of rotatable bonds is 6. The van der Waals surface area contributed by atoms with Gasteiger partial charge in [-0.3, -0.25) is 0 Å². The fourth-order valence-electron chi connectivity index (χ4n) is 3.02. The molecule has 1 aromatic heterocycles. The van der Waals surface area contributed by atoms with Crippen LogP contribution in [0.4, 0.5) is 8.78 Å². The van der Waals surface area contributed by atoms with Crippen molar-refractivity contribution in [2.75, 3.05) is 0 Å². The van der Waals surface area contributed by atoms with Gasteiger partial charge in [-0.2, -0.15) is 0 Å². The Morgan fingerprint density at radius 1 is 0.857 bits per heavy atom. The van der Waals surface area contributed by atoms with Gasteiger partial charge >= 0.3 is 0 Å². The second kappa shape index (κ2) is 9.23. The van der Waals surface area contributed by atoms with E-state index >= 15 is 0 Å². The lowest BCUT2D eigenvalue weighted by Gasteiger charge is -2.09. The maximum Gasteiger partial charge on any atom is 0.170 e. The Morgan fingerprint density at radius 2 is 1.50 bits per heavy atom. The molecule has 0 unspecified atom stereocenters. The van der Waals surface area contributed by atoms with E-state index in [0.29, 0.717) is 5.56 Å². The number of hydrogen-bond donors (Lipinski definition) is 0. The van der Waals surface area contributed by atoms with Gasteiger partial charge in [-0.25, -0.2) is 18.7 Å². The molecule has 0 saturated carbocycles. The van der Waals surface area contributed by atoms with Crippen LogP contribution in [0.5, 0.6) is 0 Å². The molecule has 3 rings (SSSR count). The van der Waals surface area contributed by atoms with E-state index in [4.69, 9.17) is 0 Å². The molecule has 142 valence electrons. The van der Waals surface area contributed by atoms with Crippen LogP contribution in [0.15, 0.2) is 48.8 Å². The number of benzene rings is 2. The van der Waals surface area contributed by atoms with Gasteiger partial charge in [0.05, 0.1) is 5.56 Å². The molecule has 0 atom stereocenters. The number of unbranched alkanes of at least 4 members (excludes halogenated alkanes) is 2. The van der Waals surface area contributed by atoms with Crippen molar-refractivity contribution in [3.63, 3.8) is 0 Å². The molecule has 0 spiro atoms. The van der Waals surface area contributed by atoms with Crippen molar-refractivity contribution in [3.8, 4) is 34.4 Å². The highest BCUT2D eigenvalue weighted by Crippen LogP contribution is 2.30. The van der Waals surface area contributed by atoms with E-state index in [1.165, 1.54) is 6.07 Å². The molecule has 0 saturated heterocycles. The first-order valence-corrected chi connectivity index (χ1v) is 9.46. The summed E-state index contributed by atoms with van der Waals surface area (Å²) in [6.07, 6.45) is 7.63. The van der Waals surface area contributed by atoms with Gasteiger partial charge in [0.2, 0.25) is 0 Å². The van der Waals surface area contributed by atoms with Crippen LogP contribution < -0.4 is 0 Å². The van der Waals surface area contributed by atoms with Gasteiger partial charge in [0.25, 0.3) is 0 Å². The lowest BCUT2D eigenvalue weighted by atomic mass is 10.0. The summed E-state index contributed by atoms with van der Waals surface area (Å²) >= 11 is 0. The van der Waals surface area contributed by atoms with E-state index in [9.17, 15) is 8.78 Å². The van der Waals surface area contributed by atoms with E-state index in [0.717, 1.165) is 36.8 Å². The van der Waals surface area contributed by atoms with Crippen molar-refractivity contribution in [1.29, 1.82) is 0 Å². The van der Waals surface area contributed by atoms with Gasteiger partial charge in [-0.05, 0) is 49.1 Å². The second-order valence-electron chi connectivity index (χ2n) is 6.61. The van der Waals surface area contributed by atoms with Crippen molar-refractivity contribution in [2.24, 2.45) is 0 Å². The van der Waals surface area contributed by atoms with Gasteiger partial charge in [0, 0.05) is 23.5 Å². The Morgan fingerprint density at radius 3 is 2.14 bits per heavy atom. The first-order chi connectivity index (χ1) is 13.6. The van der Waals surface area contributed by atoms with Gasteiger partial charge < -0.3 is 0 Å². The van der Waals surface area contributed by atoms with E-state index < -0.39 is 11.6 Å². The summed E-state index contributed by atoms with van der Waals surface area (Å²) in [4.78, 5) is 8.46. The predicted octanol–water partition coefficient (Wildman–Crippen LogP) is 6.19. The first-order valence-electron chi connectivity index (χ1n) is 9.46. The van der Waals surface area contributed by atoms with Gasteiger partial charge in [0.15, 0.2) is 17.5 Å². The van der Waals surface area contributed by atoms with Crippen LogP contribution in [0.1, 0.15) is 44.2 Å². The molecule has 0 radical (unpaired) electrons. The third kappa shape index (κ3) is 4.43. The molecule has 1 heterocycles. The monoisotopic (exact) mass is 376 g/mol. The highest BCUT2D eigenvalue weighted by Gasteiger charge is 2.17. The Labute approximate surface area is 164 Å². The fourth-order valence-corrected chi connectivity index (χ4v) is 3.02. The molecule has 0 aliphatic heterocycles. The smallest absolute Gasteiger partial charge is 0.170 e. The molecule has 2 nitrogen and oxygen atoms in total. The SMILES string of the molecule is CC#Cc1ccc(-c2ccc(-c3ncc(CCCCC)cn3)c(F)c2F)cc1. The molecule has 3 aromatic rings. The molecule has 28 heavy (non-hydrogen) atoms. The molecule has 0 amide bonds. The highest BCUT2D eigenvalue weighted by molar-refractivity contribution is 5.69. The quantitative estimate of drug-likeness (QED) is 0.378. The van der Waals surface area contributed by atoms with Crippen LogP contribution in [-0.4, -0.2) is 9.97 Å². The van der Waals surface area contributed by atoms with Crippen molar-refractivity contribution >= 4 is 0 Å². The van der Waals surface area contributed by atoms with Crippen LogP contribution in [0.25, 0.3) is 22.5 Å². The number of hydrogen-bond acceptors (Lipinski definition) is 2. The number of aromatic nitrogens is 2. The molecule has 0 bridgehead atoms. The topological polar surface area (TPSA) is 25.8 Å². The van der Waals surface area contributed by atoms with Crippen LogP contribution >= 0.6 is 0 Å². The zero-order valence-electron chi connectivity index (χ0n) is 16.1. The molecular weight excluding hydrogens is 354 g/mol. The lowest BCUT2D eigenvalue weighted by Crippen LogP contribution is -1.98. The third-order valence-electron chi connectivity index (χ3n) is 4.56. The summed E-state index contributed by atoms with van der Waals surface area (Å²) in [5.41, 5.74) is 2.70. The summed E-state index contributed by atoms with van der Waals surface area (Å²) in [6, 6.07) is 10.1. The van der Waals surface area contributed by atoms with E-state index in [1.807, 2.05) is 0 Å². The van der Waals surface area contributed by atoms with Crippen molar-refractivity contribution < 1.29 is 8.78 Å². The van der Waals surface area contributed by atoms with Gasteiger partial charge in [-0.1, -0.05) is 43.9 Å². The molecule has 0 N–H and O–H groups in total. The standard InChI is InChI=1S/C24H22F2N2/c1-3-5-6-8-18-15-27-24(28-16-18)21-14-13-20(22(25)23(21)26)19-11-9-17(7-4-2)10-12-19/h9-16H,3,5-6,8H2,1-2H3. The summed E-state index contributed by atoms with van der Waals surface area (Å²) < 4.78 is 29.4. The number of aryl methyl sites for hydroxylation is 1. The minimum Gasteiger partial charge on any atom is -0.236 e. The summed E-state index contributed by atoms with van der Waals surface area (Å²) in [5, 5.41) is 0. The Kier molecular flexibility index (Phi) is 6.49. The van der Waals surface area contributed by atoms with Crippen LogP contribution in [0.3, 0.4) is 0 Å². The van der Waals surface area contributed by atoms with Crippen LogP contribution in [0, 0.1) is 23.5 Å². The van der Waals surface area contributed by atoms with E-state index in [2.05, 4.69) is 28.7 Å². The average molecular weight is 376 g/mol. The van der Waals surface area contributed by atoms with Crippen molar-refractivity contribution in [1.82, 2.24) is 9.97 Å². The van der Waals surface area contributed by atoms with E-state index in [1.54, 1.807) is 49.6 Å². The first kappa shape index (κ1) is 19.7. The van der Waals surface area contributed by atoms with Crippen LogP contribution in [0.2, 0.25) is 0 Å². The maximum atomic E-state index is 14.7. The minimum absolute atomic E-state index is 0.0647. The van der Waals surface area contributed by atoms with Crippen molar-refractivity contribution in [3.05, 3.63) is 71.6 Å². The second-order valence-corrected chi connectivity index (χ2v) is 6.61. The molecule has 0 fully saturated rings. The molecule has 4 heteroatoms. The van der Waals surface area contributed by atoms with E-state index in [-0.39, 0.29) is 17.0 Å². The third-order valence-corrected chi connectivity index (χ3v) is 4.56. The lowest BCUT2D eigenvalue weighted by molar-refractivity contribution is 0.513. The summed E-state index contributed by atoms with van der Waals surface area (Å²) in [7, 11) is 0. The molecular formula is C24H22F2N2. The number of halogens is 2. The van der Waals surface area contributed by atoms with Crippen LogP contribution in [-0.2, 0) is 6.42 Å². The highest BCUT2D eigenvalue weighted by atomic mass is 19.2. The Balaban J connectivity index is 1.86. The zero-order chi connectivity index (χ0) is 19.9. The fraction of sp³-hybridized carbons (Fsp3) is 0.250. The van der Waals surface area contributed by atoms with Gasteiger partial charge in [0.1, 0.15) is 0 Å². The number of nitrogens with zero attached hydrogens (tertiary/aromatic N) is 2. The maximum absolute atomic E-state index is 14.7. The largest absolute Gasteiger partial charge is 0.236 e. The normalized spacial score (nSPS) is 10.4. The summed E-state index contributed by atoms with van der Waals surface area (Å²) in [5.74, 6) is 4.09. The summed E-state index contributed by atoms with van der Waals surface area (Å²) in [6.45, 7) is 3.90.